The van der Waals surface area contributed by atoms with Gasteiger partial charge in [-0.05, 0) is 49.4 Å². The molecule has 0 saturated heterocycles. The molecule has 1 unspecified atom stereocenters. The Hall–Kier alpha value is -1.32. The average Bonchev–Trinajstić information content (AvgIpc) is 3.02. The maximum Gasteiger partial charge on any atom is 0.127 e. The maximum atomic E-state index is 6.30. The van der Waals surface area contributed by atoms with Crippen molar-refractivity contribution < 1.29 is 0 Å². The van der Waals surface area contributed by atoms with Crippen LogP contribution in [-0.2, 0) is 13.0 Å². The van der Waals surface area contributed by atoms with Crippen LogP contribution in [0.2, 0.25) is 0 Å². The van der Waals surface area contributed by atoms with Gasteiger partial charge in [0.25, 0.3) is 0 Å². The van der Waals surface area contributed by atoms with Gasteiger partial charge in [-0.1, -0.05) is 12.1 Å². The van der Waals surface area contributed by atoms with Crippen LogP contribution in [0.15, 0.2) is 35.7 Å². The van der Waals surface area contributed by atoms with E-state index < -0.39 is 0 Å². The molecule has 0 aliphatic carbocycles. The van der Waals surface area contributed by atoms with Crippen molar-refractivity contribution >= 4 is 34.0 Å². The first kappa shape index (κ1) is 13.7. The highest BCUT2D eigenvalue weighted by Gasteiger charge is 2.14. The molecule has 0 radical (unpaired) electrons. The van der Waals surface area contributed by atoms with E-state index in [1.54, 1.807) is 11.3 Å². The molecule has 0 aliphatic rings. The van der Waals surface area contributed by atoms with Crippen LogP contribution in [0.1, 0.15) is 28.6 Å². The van der Waals surface area contributed by atoms with Gasteiger partial charge in [0.1, 0.15) is 5.82 Å². The average molecular weight is 305 g/mol. The summed E-state index contributed by atoms with van der Waals surface area (Å²) in [6.45, 7) is 5.00. The molecule has 2 aromatic heterocycles. The molecule has 3 rings (SSSR count). The van der Waals surface area contributed by atoms with Gasteiger partial charge in [-0.2, -0.15) is 0 Å². The van der Waals surface area contributed by atoms with Gasteiger partial charge in [-0.15, -0.1) is 22.9 Å². The number of halogens is 1. The zero-order chi connectivity index (χ0) is 14.1. The minimum absolute atomic E-state index is 0.0777. The quantitative estimate of drug-likeness (QED) is 0.624. The number of aromatic nitrogens is 2. The summed E-state index contributed by atoms with van der Waals surface area (Å²) in [6, 6.07) is 10.7. The molecule has 0 amide bonds. The monoisotopic (exact) mass is 304 g/mol. The standard InChI is InChI=1S/C16H17ClN2S/c1-11-5-6-15-14(10-11)18-16(12(2)17)19(15)8-7-13-4-3-9-20-13/h3-6,9-10,12H,7-8H2,1-2H3. The van der Waals surface area contributed by atoms with Gasteiger partial charge in [0.15, 0.2) is 0 Å². The van der Waals surface area contributed by atoms with Crippen molar-refractivity contribution in [3.05, 3.63) is 52.0 Å². The van der Waals surface area contributed by atoms with Crippen molar-refractivity contribution in [3.8, 4) is 0 Å². The van der Waals surface area contributed by atoms with E-state index in [9.17, 15) is 0 Å². The summed E-state index contributed by atoms with van der Waals surface area (Å²) in [5.41, 5.74) is 3.45. The molecule has 0 saturated carbocycles. The Labute approximate surface area is 128 Å². The lowest BCUT2D eigenvalue weighted by atomic mass is 10.2. The van der Waals surface area contributed by atoms with Crippen LogP contribution >= 0.6 is 22.9 Å². The fraction of sp³-hybridized carbons (Fsp3) is 0.312. The molecule has 2 heterocycles. The van der Waals surface area contributed by atoms with E-state index in [1.165, 1.54) is 16.0 Å². The molecule has 4 heteroatoms. The Kier molecular flexibility index (Phi) is 3.81. The normalized spacial score (nSPS) is 12.9. The summed E-state index contributed by atoms with van der Waals surface area (Å²) in [7, 11) is 0. The highest BCUT2D eigenvalue weighted by Crippen LogP contribution is 2.26. The molecule has 0 aliphatic heterocycles. The number of alkyl halides is 1. The third kappa shape index (κ3) is 2.60. The number of hydrogen-bond donors (Lipinski definition) is 0. The second-order valence-corrected chi connectivity index (χ2v) is 6.75. The van der Waals surface area contributed by atoms with Crippen molar-refractivity contribution in [2.45, 2.75) is 32.2 Å². The van der Waals surface area contributed by atoms with Crippen molar-refractivity contribution in [3.63, 3.8) is 0 Å². The zero-order valence-electron chi connectivity index (χ0n) is 11.6. The van der Waals surface area contributed by atoms with Gasteiger partial charge in [0.2, 0.25) is 0 Å². The predicted octanol–water partition coefficient (Wildman–Crippen LogP) is 4.95. The van der Waals surface area contributed by atoms with Crippen LogP contribution in [0.5, 0.6) is 0 Å². The van der Waals surface area contributed by atoms with Crippen LogP contribution in [0.25, 0.3) is 11.0 Å². The van der Waals surface area contributed by atoms with E-state index in [1.807, 2.05) is 6.92 Å². The fourth-order valence-corrected chi connectivity index (χ4v) is 3.34. The van der Waals surface area contributed by atoms with Crippen molar-refractivity contribution in [1.29, 1.82) is 0 Å². The Morgan fingerprint density at radius 1 is 1.35 bits per heavy atom. The molecule has 1 atom stereocenters. The van der Waals surface area contributed by atoms with E-state index in [-0.39, 0.29) is 5.38 Å². The van der Waals surface area contributed by atoms with Crippen LogP contribution in [-0.4, -0.2) is 9.55 Å². The third-order valence-corrected chi connectivity index (χ3v) is 4.58. The number of thiophene rings is 1. The number of hydrogen-bond acceptors (Lipinski definition) is 2. The van der Waals surface area contributed by atoms with Gasteiger partial charge in [0, 0.05) is 11.4 Å². The molecule has 2 nitrogen and oxygen atoms in total. The van der Waals surface area contributed by atoms with E-state index in [0.29, 0.717) is 0 Å². The smallest absolute Gasteiger partial charge is 0.127 e. The lowest BCUT2D eigenvalue weighted by Gasteiger charge is -2.09. The molecule has 104 valence electrons. The number of nitrogens with zero attached hydrogens (tertiary/aromatic N) is 2. The maximum absolute atomic E-state index is 6.30. The second-order valence-electron chi connectivity index (χ2n) is 5.06. The number of imidazole rings is 1. The molecule has 0 N–H and O–H groups in total. The summed E-state index contributed by atoms with van der Waals surface area (Å²) in [5, 5.41) is 2.04. The van der Waals surface area contributed by atoms with Crippen LogP contribution in [0.3, 0.4) is 0 Å². The molecule has 0 spiro atoms. The topological polar surface area (TPSA) is 17.8 Å². The van der Waals surface area contributed by atoms with Crippen LogP contribution in [0.4, 0.5) is 0 Å². The van der Waals surface area contributed by atoms with Gasteiger partial charge in [0.05, 0.1) is 16.4 Å². The molecule has 0 bridgehead atoms. The van der Waals surface area contributed by atoms with Crippen molar-refractivity contribution in [2.75, 3.05) is 0 Å². The minimum atomic E-state index is -0.0777. The van der Waals surface area contributed by atoms with E-state index in [0.717, 1.165) is 24.3 Å². The second kappa shape index (κ2) is 5.58. The van der Waals surface area contributed by atoms with E-state index >= 15 is 0 Å². The van der Waals surface area contributed by atoms with Crippen LogP contribution in [0, 0.1) is 6.92 Å². The lowest BCUT2D eigenvalue weighted by molar-refractivity contribution is 0.672. The number of rotatable bonds is 4. The van der Waals surface area contributed by atoms with E-state index in [4.69, 9.17) is 16.6 Å². The van der Waals surface area contributed by atoms with Crippen molar-refractivity contribution in [1.82, 2.24) is 9.55 Å². The van der Waals surface area contributed by atoms with Crippen LogP contribution < -0.4 is 0 Å². The molecule has 1 aromatic carbocycles. The first-order valence-corrected chi connectivity index (χ1v) is 8.10. The van der Waals surface area contributed by atoms with Gasteiger partial charge in [-0.25, -0.2) is 4.98 Å². The molecular formula is C16H17ClN2S. The first-order valence-electron chi connectivity index (χ1n) is 6.78. The molecule has 20 heavy (non-hydrogen) atoms. The molecule has 3 aromatic rings. The summed E-state index contributed by atoms with van der Waals surface area (Å²) in [6.07, 6.45) is 1.02. The van der Waals surface area contributed by atoms with Gasteiger partial charge in [-0.3, -0.25) is 0 Å². The van der Waals surface area contributed by atoms with Gasteiger partial charge < -0.3 is 4.57 Å². The summed E-state index contributed by atoms with van der Waals surface area (Å²) in [5.74, 6) is 0.962. The minimum Gasteiger partial charge on any atom is -0.326 e. The molecular weight excluding hydrogens is 288 g/mol. The summed E-state index contributed by atoms with van der Waals surface area (Å²) >= 11 is 8.10. The number of benzene rings is 1. The Morgan fingerprint density at radius 2 is 2.20 bits per heavy atom. The number of aryl methyl sites for hydroxylation is 3. The highest BCUT2D eigenvalue weighted by atomic mass is 35.5. The largest absolute Gasteiger partial charge is 0.326 e. The fourth-order valence-electron chi connectivity index (χ4n) is 2.47. The van der Waals surface area contributed by atoms with E-state index in [2.05, 4.69) is 47.2 Å². The Balaban J connectivity index is 2.00. The zero-order valence-corrected chi connectivity index (χ0v) is 13.2. The Morgan fingerprint density at radius 3 is 2.90 bits per heavy atom. The lowest BCUT2D eigenvalue weighted by Crippen LogP contribution is -2.06. The highest BCUT2D eigenvalue weighted by molar-refractivity contribution is 7.09. The SMILES string of the molecule is Cc1ccc2c(c1)nc(C(C)Cl)n2CCc1cccs1. The van der Waals surface area contributed by atoms with Gasteiger partial charge >= 0.3 is 0 Å². The first-order chi connectivity index (χ1) is 9.65. The summed E-state index contributed by atoms with van der Waals surface area (Å²) in [4.78, 5) is 6.10. The molecule has 0 fully saturated rings. The number of fused-ring (bicyclic) bond motifs is 1. The third-order valence-electron chi connectivity index (χ3n) is 3.45. The summed E-state index contributed by atoms with van der Waals surface area (Å²) < 4.78 is 2.26. The predicted molar refractivity (Wildman–Crippen MR) is 86.8 cm³/mol. The van der Waals surface area contributed by atoms with Crippen molar-refractivity contribution in [2.24, 2.45) is 0 Å². The Bertz CT molecular complexity index is 713.